The molecule has 0 radical (unpaired) electrons. The van der Waals surface area contributed by atoms with Crippen molar-refractivity contribution in [3.63, 3.8) is 0 Å². The van der Waals surface area contributed by atoms with E-state index in [-0.39, 0.29) is 18.5 Å². The zero-order chi connectivity index (χ0) is 13.2. The molecular weight excluding hydrogens is 230 g/mol. The molecule has 0 aliphatic rings. The Bertz CT molecular complexity index is 379. The van der Waals surface area contributed by atoms with Crippen LogP contribution in [0, 0.1) is 0 Å². The first-order valence-electron chi connectivity index (χ1n) is 6.04. The molecule has 0 heterocycles. The van der Waals surface area contributed by atoms with Crippen LogP contribution in [-0.4, -0.2) is 25.0 Å². The van der Waals surface area contributed by atoms with Crippen molar-refractivity contribution in [1.82, 2.24) is 16.0 Å². The fourth-order valence-corrected chi connectivity index (χ4v) is 1.33. The van der Waals surface area contributed by atoms with Gasteiger partial charge in [0.15, 0.2) is 0 Å². The summed E-state index contributed by atoms with van der Waals surface area (Å²) in [5.41, 5.74) is 1.02. The van der Waals surface area contributed by atoms with Crippen LogP contribution in [0.4, 0.5) is 4.79 Å². The number of hydrogen-bond acceptors (Lipinski definition) is 2. The number of amides is 3. The molecule has 3 amide bonds. The second kappa shape index (κ2) is 8.11. The van der Waals surface area contributed by atoms with E-state index < -0.39 is 0 Å². The predicted octanol–water partition coefficient (Wildman–Crippen LogP) is 1.01. The summed E-state index contributed by atoms with van der Waals surface area (Å²) in [5, 5.41) is 7.86. The summed E-state index contributed by atoms with van der Waals surface area (Å²) in [6, 6.07) is 9.25. The van der Waals surface area contributed by atoms with Crippen molar-refractivity contribution in [3.8, 4) is 0 Å². The van der Waals surface area contributed by atoms with Gasteiger partial charge in [-0.2, -0.15) is 0 Å². The monoisotopic (exact) mass is 249 g/mol. The normalized spacial score (nSPS) is 9.61. The first-order valence-corrected chi connectivity index (χ1v) is 6.04. The summed E-state index contributed by atoms with van der Waals surface area (Å²) in [6.45, 7) is 3.05. The molecule has 0 aliphatic carbocycles. The van der Waals surface area contributed by atoms with Crippen molar-refractivity contribution in [2.45, 2.75) is 19.9 Å². The largest absolute Gasteiger partial charge is 0.355 e. The van der Waals surface area contributed by atoms with Crippen molar-refractivity contribution in [2.75, 3.05) is 13.1 Å². The van der Waals surface area contributed by atoms with Gasteiger partial charge in [-0.25, -0.2) is 4.79 Å². The second-order valence-electron chi connectivity index (χ2n) is 3.87. The molecule has 0 unspecified atom stereocenters. The molecule has 0 bridgehead atoms. The van der Waals surface area contributed by atoms with Gasteiger partial charge >= 0.3 is 6.03 Å². The summed E-state index contributed by atoms with van der Waals surface area (Å²) in [7, 11) is 0. The Morgan fingerprint density at radius 1 is 1.06 bits per heavy atom. The molecule has 0 spiro atoms. The molecule has 18 heavy (non-hydrogen) atoms. The van der Waals surface area contributed by atoms with E-state index in [4.69, 9.17) is 0 Å². The van der Waals surface area contributed by atoms with Crippen molar-refractivity contribution >= 4 is 11.9 Å². The van der Waals surface area contributed by atoms with Crippen molar-refractivity contribution in [3.05, 3.63) is 35.9 Å². The predicted molar refractivity (Wildman–Crippen MR) is 70.0 cm³/mol. The van der Waals surface area contributed by atoms with Crippen LogP contribution in [0.1, 0.15) is 18.9 Å². The van der Waals surface area contributed by atoms with Gasteiger partial charge < -0.3 is 16.0 Å². The number of nitrogens with one attached hydrogen (secondary N) is 3. The van der Waals surface area contributed by atoms with Crippen molar-refractivity contribution in [2.24, 2.45) is 0 Å². The molecule has 1 aromatic rings. The second-order valence-corrected chi connectivity index (χ2v) is 3.87. The van der Waals surface area contributed by atoms with E-state index in [1.54, 1.807) is 0 Å². The quantitative estimate of drug-likeness (QED) is 0.704. The van der Waals surface area contributed by atoms with Crippen LogP contribution in [0.5, 0.6) is 0 Å². The Morgan fingerprint density at radius 3 is 2.44 bits per heavy atom. The summed E-state index contributed by atoms with van der Waals surface area (Å²) in [6.07, 6.45) is 0.881. The van der Waals surface area contributed by atoms with Gasteiger partial charge in [0.25, 0.3) is 0 Å². The average molecular weight is 249 g/mol. The van der Waals surface area contributed by atoms with E-state index in [1.165, 1.54) is 0 Å². The molecule has 3 N–H and O–H groups in total. The SMILES string of the molecule is CCCNC(=O)CNC(=O)NCc1ccccc1. The number of benzene rings is 1. The Morgan fingerprint density at radius 2 is 1.78 bits per heavy atom. The average Bonchev–Trinajstić information content (AvgIpc) is 2.41. The van der Waals surface area contributed by atoms with E-state index in [0.717, 1.165) is 12.0 Å². The van der Waals surface area contributed by atoms with E-state index in [0.29, 0.717) is 13.1 Å². The molecule has 0 aliphatic heterocycles. The number of carbonyl (C=O) groups is 2. The molecule has 1 rings (SSSR count). The highest BCUT2D eigenvalue weighted by Crippen LogP contribution is 1.96. The zero-order valence-electron chi connectivity index (χ0n) is 10.5. The lowest BCUT2D eigenvalue weighted by Gasteiger charge is -2.07. The molecule has 0 saturated heterocycles. The van der Waals surface area contributed by atoms with Crippen LogP contribution >= 0.6 is 0 Å². The van der Waals surface area contributed by atoms with Gasteiger partial charge in [0.05, 0.1) is 6.54 Å². The molecular formula is C13H19N3O2. The van der Waals surface area contributed by atoms with Crippen LogP contribution in [0.25, 0.3) is 0 Å². The molecule has 0 saturated carbocycles. The smallest absolute Gasteiger partial charge is 0.315 e. The topological polar surface area (TPSA) is 70.2 Å². The third-order valence-electron chi connectivity index (χ3n) is 2.28. The fourth-order valence-electron chi connectivity index (χ4n) is 1.33. The highest BCUT2D eigenvalue weighted by Gasteiger charge is 2.03. The fraction of sp³-hybridized carbons (Fsp3) is 0.385. The molecule has 98 valence electrons. The Balaban J connectivity index is 2.16. The van der Waals surface area contributed by atoms with Gasteiger partial charge in [0.2, 0.25) is 5.91 Å². The summed E-state index contributed by atoms with van der Waals surface area (Å²) in [5.74, 6) is -0.174. The summed E-state index contributed by atoms with van der Waals surface area (Å²) in [4.78, 5) is 22.6. The maximum Gasteiger partial charge on any atom is 0.315 e. The maximum absolute atomic E-state index is 11.4. The summed E-state index contributed by atoms with van der Waals surface area (Å²) < 4.78 is 0. The lowest BCUT2D eigenvalue weighted by Crippen LogP contribution is -2.41. The van der Waals surface area contributed by atoms with Gasteiger partial charge in [-0.1, -0.05) is 37.3 Å². The molecule has 5 nitrogen and oxygen atoms in total. The van der Waals surface area contributed by atoms with E-state index in [2.05, 4.69) is 16.0 Å². The molecule has 0 atom stereocenters. The zero-order valence-corrected chi connectivity index (χ0v) is 10.5. The number of rotatable bonds is 6. The summed E-state index contributed by atoms with van der Waals surface area (Å²) >= 11 is 0. The van der Waals surface area contributed by atoms with Crippen LogP contribution in [0.15, 0.2) is 30.3 Å². The molecule has 0 fully saturated rings. The van der Waals surface area contributed by atoms with Crippen molar-refractivity contribution < 1.29 is 9.59 Å². The lowest BCUT2D eigenvalue weighted by molar-refractivity contribution is -0.120. The van der Waals surface area contributed by atoms with Crippen LogP contribution in [-0.2, 0) is 11.3 Å². The maximum atomic E-state index is 11.4. The number of urea groups is 1. The van der Waals surface area contributed by atoms with Crippen LogP contribution in [0.3, 0.4) is 0 Å². The van der Waals surface area contributed by atoms with E-state index in [9.17, 15) is 9.59 Å². The van der Waals surface area contributed by atoms with Gasteiger partial charge in [-0.05, 0) is 12.0 Å². The Labute approximate surface area is 107 Å². The standard InChI is InChI=1S/C13H19N3O2/c1-2-8-14-12(17)10-16-13(18)15-9-11-6-4-3-5-7-11/h3-7H,2,8-10H2,1H3,(H,14,17)(H2,15,16,18). The van der Waals surface area contributed by atoms with Crippen molar-refractivity contribution in [1.29, 1.82) is 0 Å². The number of carbonyl (C=O) groups excluding carboxylic acids is 2. The van der Waals surface area contributed by atoms with E-state index in [1.807, 2.05) is 37.3 Å². The minimum Gasteiger partial charge on any atom is -0.355 e. The third kappa shape index (κ3) is 5.89. The molecule has 5 heteroatoms. The Kier molecular flexibility index (Phi) is 6.32. The molecule has 1 aromatic carbocycles. The lowest BCUT2D eigenvalue weighted by atomic mass is 10.2. The highest BCUT2D eigenvalue weighted by atomic mass is 16.2. The molecule has 0 aromatic heterocycles. The highest BCUT2D eigenvalue weighted by molar-refractivity contribution is 5.83. The minimum absolute atomic E-state index is 0.000618. The van der Waals surface area contributed by atoms with Crippen LogP contribution < -0.4 is 16.0 Å². The van der Waals surface area contributed by atoms with E-state index >= 15 is 0 Å². The first kappa shape index (κ1) is 14.0. The third-order valence-corrected chi connectivity index (χ3v) is 2.28. The minimum atomic E-state index is -0.342. The Hall–Kier alpha value is -2.04. The van der Waals surface area contributed by atoms with Gasteiger partial charge in [-0.3, -0.25) is 4.79 Å². The number of hydrogen-bond donors (Lipinski definition) is 3. The van der Waals surface area contributed by atoms with Gasteiger partial charge in [0.1, 0.15) is 0 Å². The van der Waals surface area contributed by atoms with Crippen LogP contribution in [0.2, 0.25) is 0 Å². The first-order chi connectivity index (χ1) is 8.72. The van der Waals surface area contributed by atoms with Gasteiger partial charge in [0, 0.05) is 13.1 Å². The van der Waals surface area contributed by atoms with Gasteiger partial charge in [-0.15, -0.1) is 0 Å².